The Labute approximate surface area is 123 Å². The van der Waals surface area contributed by atoms with Gasteiger partial charge in [-0.1, -0.05) is 12.1 Å². The van der Waals surface area contributed by atoms with Crippen molar-refractivity contribution < 1.29 is 19.4 Å². The summed E-state index contributed by atoms with van der Waals surface area (Å²) in [5.74, 6) is -1.04. The molecule has 1 N–H and O–H groups in total. The summed E-state index contributed by atoms with van der Waals surface area (Å²) in [7, 11) is 0. The molecule has 0 fully saturated rings. The van der Waals surface area contributed by atoms with E-state index >= 15 is 0 Å². The largest absolute Gasteiger partial charge is 0.456 e. The Kier molecular flexibility index (Phi) is 4.01. The summed E-state index contributed by atoms with van der Waals surface area (Å²) >= 11 is 0. The quantitative estimate of drug-likeness (QED) is 0.864. The lowest BCUT2D eigenvalue weighted by molar-refractivity contribution is -0.209. The molecule has 21 heavy (non-hydrogen) atoms. The molecule has 0 bridgehead atoms. The molecule has 0 saturated carbocycles. The van der Waals surface area contributed by atoms with Gasteiger partial charge in [0.2, 0.25) is 5.79 Å². The molecule has 0 spiro atoms. The van der Waals surface area contributed by atoms with Gasteiger partial charge in [-0.15, -0.1) is 0 Å². The van der Waals surface area contributed by atoms with Gasteiger partial charge in [-0.2, -0.15) is 5.26 Å². The van der Waals surface area contributed by atoms with Crippen molar-refractivity contribution in [2.45, 2.75) is 39.1 Å². The molecule has 0 amide bonds. The van der Waals surface area contributed by atoms with E-state index < -0.39 is 17.9 Å². The average Bonchev–Trinajstić information content (AvgIpc) is 2.43. The van der Waals surface area contributed by atoms with Crippen LogP contribution in [0.25, 0.3) is 0 Å². The van der Waals surface area contributed by atoms with Gasteiger partial charge in [0.1, 0.15) is 5.76 Å². The van der Waals surface area contributed by atoms with E-state index in [1.165, 1.54) is 0 Å². The minimum atomic E-state index is -1.03. The van der Waals surface area contributed by atoms with Crippen LogP contribution in [0.4, 0.5) is 0 Å². The van der Waals surface area contributed by atoms with E-state index in [2.05, 4.69) is 0 Å². The number of rotatable bonds is 3. The van der Waals surface area contributed by atoms with Crippen molar-refractivity contribution in [2.75, 3.05) is 0 Å². The number of ether oxygens (including phenoxy) is 2. The Morgan fingerprint density at radius 3 is 2.48 bits per heavy atom. The first-order chi connectivity index (χ1) is 9.82. The molecule has 1 aliphatic rings. The second-order valence-corrected chi connectivity index (χ2v) is 5.39. The second-order valence-electron chi connectivity index (χ2n) is 5.39. The zero-order valence-electron chi connectivity index (χ0n) is 12.2. The predicted molar refractivity (Wildman–Crippen MR) is 74.7 cm³/mol. The van der Waals surface area contributed by atoms with Crippen molar-refractivity contribution in [1.82, 2.24) is 0 Å². The number of nitrogens with zero attached hydrogens (tertiary/aromatic N) is 1. The van der Waals surface area contributed by atoms with Gasteiger partial charge < -0.3 is 14.6 Å². The summed E-state index contributed by atoms with van der Waals surface area (Å²) in [6, 6.07) is 8.67. The highest BCUT2D eigenvalue weighted by Crippen LogP contribution is 2.32. The lowest BCUT2D eigenvalue weighted by Gasteiger charge is -2.33. The third-order valence-electron chi connectivity index (χ3n) is 3.24. The Morgan fingerprint density at radius 1 is 1.29 bits per heavy atom. The highest BCUT2D eigenvalue weighted by atomic mass is 16.7. The number of aliphatic hydroxyl groups excluding tert-OH is 1. The minimum absolute atomic E-state index is 0.177. The van der Waals surface area contributed by atoms with Gasteiger partial charge >= 0.3 is 5.97 Å². The summed E-state index contributed by atoms with van der Waals surface area (Å²) in [6.07, 6.45) is -0.639. The fourth-order valence-electron chi connectivity index (χ4n) is 2.08. The number of nitriles is 1. The number of benzene rings is 1. The van der Waals surface area contributed by atoms with Crippen LogP contribution in [-0.4, -0.2) is 16.9 Å². The van der Waals surface area contributed by atoms with E-state index in [0.717, 1.165) is 0 Å². The molecule has 0 aliphatic carbocycles. The smallest absolute Gasteiger partial charge is 0.340 e. The Balaban J connectivity index is 2.18. The number of carbonyl (C=O) groups excluding carboxylic acids is 1. The standard InChI is InChI=1S/C16H17NO4/c1-10-14(20-16(2,3)21-15(10)19)8-13(18)12-6-4-11(9-17)5-7-12/h4-7,13,18H,8H2,1-3H3/t13-/m1/s1. The highest BCUT2D eigenvalue weighted by Gasteiger charge is 2.34. The Morgan fingerprint density at radius 2 is 1.90 bits per heavy atom. The van der Waals surface area contributed by atoms with E-state index in [9.17, 15) is 9.90 Å². The number of hydrogen-bond donors (Lipinski definition) is 1. The monoisotopic (exact) mass is 287 g/mol. The SMILES string of the molecule is CC1=C(C[C@@H](O)c2ccc(C#N)cc2)OC(C)(C)OC1=O. The molecular weight excluding hydrogens is 270 g/mol. The lowest BCUT2D eigenvalue weighted by atomic mass is 10.0. The first-order valence-electron chi connectivity index (χ1n) is 6.62. The fourth-order valence-corrected chi connectivity index (χ4v) is 2.08. The molecule has 5 nitrogen and oxygen atoms in total. The third-order valence-corrected chi connectivity index (χ3v) is 3.24. The van der Waals surface area contributed by atoms with Gasteiger partial charge in [0.05, 0.1) is 23.3 Å². The Hall–Kier alpha value is -2.32. The number of carbonyl (C=O) groups is 1. The highest BCUT2D eigenvalue weighted by molar-refractivity contribution is 5.89. The molecule has 1 atom stereocenters. The topological polar surface area (TPSA) is 79.6 Å². The normalized spacial score (nSPS) is 18.5. The van der Waals surface area contributed by atoms with Crippen molar-refractivity contribution in [3.8, 4) is 6.07 Å². The first-order valence-corrected chi connectivity index (χ1v) is 6.62. The van der Waals surface area contributed by atoms with Gasteiger partial charge in [-0.05, 0) is 24.6 Å². The maximum absolute atomic E-state index is 11.7. The number of esters is 1. The van der Waals surface area contributed by atoms with Crippen molar-refractivity contribution in [3.63, 3.8) is 0 Å². The van der Waals surface area contributed by atoms with Gasteiger partial charge in [-0.25, -0.2) is 4.79 Å². The molecule has 0 radical (unpaired) electrons. The van der Waals surface area contributed by atoms with Crippen LogP contribution in [0.5, 0.6) is 0 Å². The molecule has 110 valence electrons. The summed E-state index contributed by atoms with van der Waals surface area (Å²) in [5.41, 5.74) is 1.55. The van der Waals surface area contributed by atoms with E-state index in [1.54, 1.807) is 45.0 Å². The molecule has 0 aromatic heterocycles. The third kappa shape index (κ3) is 3.41. The number of cyclic esters (lactones) is 1. The van der Waals surface area contributed by atoms with Crippen LogP contribution in [0.1, 0.15) is 44.4 Å². The maximum atomic E-state index is 11.7. The minimum Gasteiger partial charge on any atom is -0.456 e. The van der Waals surface area contributed by atoms with Crippen LogP contribution in [0.2, 0.25) is 0 Å². The van der Waals surface area contributed by atoms with Crippen LogP contribution in [-0.2, 0) is 14.3 Å². The van der Waals surface area contributed by atoms with Crippen LogP contribution in [0.15, 0.2) is 35.6 Å². The molecule has 1 aromatic rings. The zero-order chi connectivity index (χ0) is 15.6. The molecule has 5 heteroatoms. The predicted octanol–water partition coefficient (Wildman–Crippen LogP) is 2.57. The molecular formula is C16H17NO4. The van der Waals surface area contributed by atoms with Crippen molar-refractivity contribution in [2.24, 2.45) is 0 Å². The second kappa shape index (κ2) is 5.58. The van der Waals surface area contributed by atoms with Gasteiger partial charge in [0.15, 0.2) is 0 Å². The zero-order valence-corrected chi connectivity index (χ0v) is 12.2. The van der Waals surface area contributed by atoms with Gasteiger partial charge in [0, 0.05) is 20.3 Å². The van der Waals surface area contributed by atoms with Gasteiger partial charge in [-0.3, -0.25) is 0 Å². The average molecular weight is 287 g/mol. The van der Waals surface area contributed by atoms with Crippen LogP contribution >= 0.6 is 0 Å². The van der Waals surface area contributed by atoms with Crippen LogP contribution in [0.3, 0.4) is 0 Å². The summed E-state index contributed by atoms with van der Waals surface area (Å²) in [5, 5.41) is 19.0. The van der Waals surface area contributed by atoms with E-state index in [0.29, 0.717) is 22.5 Å². The van der Waals surface area contributed by atoms with Gasteiger partial charge in [0.25, 0.3) is 0 Å². The first kappa shape index (κ1) is 15.1. The fraction of sp³-hybridized carbons (Fsp3) is 0.375. The van der Waals surface area contributed by atoms with Crippen LogP contribution < -0.4 is 0 Å². The number of aliphatic hydroxyl groups is 1. The maximum Gasteiger partial charge on any atom is 0.340 e. The van der Waals surface area contributed by atoms with E-state index in [1.807, 2.05) is 6.07 Å². The molecule has 1 aromatic carbocycles. The van der Waals surface area contributed by atoms with Crippen molar-refractivity contribution in [1.29, 1.82) is 5.26 Å². The molecule has 2 rings (SSSR count). The molecule has 1 heterocycles. The lowest BCUT2D eigenvalue weighted by Crippen LogP contribution is -2.36. The molecule has 0 unspecified atom stereocenters. The van der Waals surface area contributed by atoms with E-state index in [4.69, 9.17) is 14.7 Å². The summed E-state index contributed by atoms with van der Waals surface area (Å²) in [4.78, 5) is 11.7. The van der Waals surface area contributed by atoms with Crippen molar-refractivity contribution >= 4 is 5.97 Å². The van der Waals surface area contributed by atoms with Crippen molar-refractivity contribution in [3.05, 3.63) is 46.7 Å². The molecule has 1 aliphatic heterocycles. The van der Waals surface area contributed by atoms with Crippen LogP contribution in [0, 0.1) is 11.3 Å². The molecule has 0 saturated heterocycles. The Bertz CT molecular complexity index is 623. The number of hydrogen-bond acceptors (Lipinski definition) is 5. The summed E-state index contributed by atoms with van der Waals surface area (Å²) < 4.78 is 10.7. The van der Waals surface area contributed by atoms with E-state index in [-0.39, 0.29) is 6.42 Å². The summed E-state index contributed by atoms with van der Waals surface area (Å²) in [6.45, 7) is 4.90.